The highest BCUT2D eigenvalue weighted by Crippen LogP contribution is 2.28. The van der Waals surface area contributed by atoms with E-state index in [0.717, 1.165) is 36.2 Å². The van der Waals surface area contributed by atoms with Crippen LogP contribution in [0.25, 0.3) is 11.0 Å². The molecule has 0 aliphatic carbocycles. The van der Waals surface area contributed by atoms with Gasteiger partial charge in [-0.3, -0.25) is 9.48 Å². The molecule has 26 heavy (non-hydrogen) atoms. The standard InChI is InChI=1S/C20H25N5O/c1-13(2)25-12-16(10-21-25)20(26)24-9-5-7-15(11-24)19-22-17-8-4-6-14(3)18(17)23-19/h4,6,8,10,12-13,15H,5,7,9,11H2,1-3H3,(H,22,23)/t15-/m0/s1. The van der Waals surface area contributed by atoms with Gasteiger partial charge in [-0.15, -0.1) is 0 Å². The average Bonchev–Trinajstić information content (AvgIpc) is 3.29. The Morgan fingerprint density at radius 3 is 2.92 bits per heavy atom. The fraction of sp³-hybridized carbons (Fsp3) is 0.450. The number of benzene rings is 1. The van der Waals surface area contributed by atoms with Crippen molar-refractivity contribution in [3.63, 3.8) is 0 Å². The molecule has 4 rings (SSSR count). The first-order valence-corrected chi connectivity index (χ1v) is 9.31. The molecule has 1 aliphatic heterocycles. The van der Waals surface area contributed by atoms with E-state index in [1.54, 1.807) is 6.20 Å². The normalized spacial score (nSPS) is 18.0. The molecule has 3 heterocycles. The van der Waals surface area contributed by atoms with Crippen LogP contribution in [0.2, 0.25) is 0 Å². The van der Waals surface area contributed by atoms with Crippen molar-refractivity contribution in [1.29, 1.82) is 0 Å². The zero-order valence-corrected chi connectivity index (χ0v) is 15.6. The van der Waals surface area contributed by atoms with Crippen molar-refractivity contribution in [3.8, 4) is 0 Å². The number of aryl methyl sites for hydroxylation is 1. The summed E-state index contributed by atoms with van der Waals surface area (Å²) < 4.78 is 1.83. The first-order valence-electron chi connectivity index (χ1n) is 9.31. The van der Waals surface area contributed by atoms with Gasteiger partial charge >= 0.3 is 0 Å². The minimum Gasteiger partial charge on any atom is -0.342 e. The van der Waals surface area contributed by atoms with E-state index in [1.165, 1.54) is 5.56 Å². The first-order chi connectivity index (χ1) is 12.5. The summed E-state index contributed by atoms with van der Waals surface area (Å²) in [6.45, 7) is 7.69. The summed E-state index contributed by atoms with van der Waals surface area (Å²) >= 11 is 0. The van der Waals surface area contributed by atoms with Crippen LogP contribution in [0, 0.1) is 6.92 Å². The van der Waals surface area contributed by atoms with E-state index < -0.39 is 0 Å². The van der Waals surface area contributed by atoms with Crippen molar-refractivity contribution in [1.82, 2.24) is 24.6 Å². The van der Waals surface area contributed by atoms with Crippen molar-refractivity contribution in [2.24, 2.45) is 0 Å². The summed E-state index contributed by atoms with van der Waals surface area (Å²) in [4.78, 5) is 23.1. The van der Waals surface area contributed by atoms with Crippen LogP contribution >= 0.6 is 0 Å². The Bertz CT molecular complexity index is 939. The zero-order valence-electron chi connectivity index (χ0n) is 15.6. The first kappa shape index (κ1) is 16.8. The van der Waals surface area contributed by atoms with Crippen LogP contribution < -0.4 is 0 Å². The largest absolute Gasteiger partial charge is 0.342 e. The average molecular weight is 351 g/mol. The highest BCUT2D eigenvalue weighted by Gasteiger charge is 2.28. The Balaban J connectivity index is 1.54. The number of nitrogens with zero attached hydrogens (tertiary/aromatic N) is 4. The molecule has 1 amide bonds. The molecule has 0 bridgehead atoms. The molecule has 0 unspecified atom stereocenters. The minimum atomic E-state index is 0.0638. The van der Waals surface area contributed by atoms with Gasteiger partial charge in [0, 0.05) is 31.2 Å². The lowest BCUT2D eigenvalue weighted by Gasteiger charge is -2.31. The van der Waals surface area contributed by atoms with Gasteiger partial charge in [0.15, 0.2) is 0 Å². The van der Waals surface area contributed by atoms with E-state index in [9.17, 15) is 4.79 Å². The molecule has 1 fully saturated rings. The molecule has 1 saturated heterocycles. The summed E-state index contributed by atoms with van der Waals surface area (Å²) in [7, 11) is 0. The molecule has 136 valence electrons. The summed E-state index contributed by atoms with van der Waals surface area (Å²) in [6.07, 6.45) is 5.57. The molecule has 1 aromatic carbocycles. The minimum absolute atomic E-state index is 0.0638. The van der Waals surface area contributed by atoms with E-state index >= 15 is 0 Å². The number of aromatic amines is 1. The van der Waals surface area contributed by atoms with Crippen molar-refractivity contribution < 1.29 is 4.79 Å². The lowest BCUT2D eigenvalue weighted by Crippen LogP contribution is -2.39. The predicted octanol–water partition coefficient (Wildman–Crippen LogP) is 3.67. The lowest BCUT2D eigenvalue weighted by atomic mass is 9.97. The van der Waals surface area contributed by atoms with Crippen LogP contribution in [0.4, 0.5) is 0 Å². The number of aromatic nitrogens is 4. The maximum absolute atomic E-state index is 12.9. The molecule has 6 heteroatoms. The molecule has 3 aromatic rings. The molecule has 2 aromatic heterocycles. The van der Waals surface area contributed by atoms with Gasteiger partial charge in [0.2, 0.25) is 0 Å². The summed E-state index contributed by atoms with van der Waals surface area (Å²) in [6, 6.07) is 6.44. The third-order valence-corrected chi connectivity index (χ3v) is 5.21. The second-order valence-corrected chi connectivity index (χ2v) is 7.49. The number of likely N-dealkylation sites (tertiary alicyclic amines) is 1. The Morgan fingerprint density at radius 1 is 1.35 bits per heavy atom. The fourth-order valence-electron chi connectivity index (χ4n) is 3.69. The van der Waals surface area contributed by atoms with Crippen LogP contribution in [-0.2, 0) is 0 Å². The monoisotopic (exact) mass is 351 g/mol. The van der Waals surface area contributed by atoms with E-state index in [0.29, 0.717) is 12.1 Å². The van der Waals surface area contributed by atoms with Gasteiger partial charge in [0.1, 0.15) is 5.82 Å². The van der Waals surface area contributed by atoms with Crippen LogP contribution in [0.3, 0.4) is 0 Å². The number of para-hydroxylation sites is 1. The second kappa shape index (κ2) is 6.59. The summed E-state index contributed by atoms with van der Waals surface area (Å²) in [5.41, 5.74) is 3.94. The Hall–Kier alpha value is -2.63. The van der Waals surface area contributed by atoms with Crippen molar-refractivity contribution in [2.75, 3.05) is 13.1 Å². The zero-order chi connectivity index (χ0) is 18.3. The smallest absolute Gasteiger partial charge is 0.257 e. The van der Waals surface area contributed by atoms with Gasteiger partial charge < -0.3 is 9.88 Å². The van der Waals surface area contributed by atoms with Gasteiger partial charge in [-0.1, -0.05) is 12.1 Å². The van der Waals surface area contributed by atoms with Gasteiger partial charge in [0.05, 0.1) is 22.8 Å². The van der Waals surface area contributed by atoms with Crippen molar-refractivity contribution >= 4 is 16.9 Å². The summed E-state index contributed by atoms with van der Waals surface area (Å²) in [5, 5.41) is 4.30. The summed E-state index contributed by atoms with van der Waals surface area (Å²) in [5.74, 6) is 1.30. The van der Waals surface area contributed by atoms with Crippen LogP contribution in [-0.4, -0.2) is 43.6 Å². The molecule has 1 aliphatic rings. The van der Waals surface area contributed by atoms with Crippen LogP contribution in [0.5, 0.6) is 0 Å². The predicted molar refractivity (Wildman–Crippen MR) is 101 cm³/mol. The molecule has 0 spiro atoms. The molecular formula is C20H25N5O. The third-order valence-electron chi connectivity index (χ3n) is 5.21. The topological polar surface area (TPSA) is 66.8 Å². The number of amides is 1. The quantitative estimate of drug-likeness (QED) is 0.783. The lowest BCUT2D eigenvalue weighted by molar-refractivity contribution is 0.0705. The molecule has 0 saturated carbocycles. The highest BCUT2D eigenvalue weighted by atomic mass is 16.2. The van der Waals surface area contributed by atoms with Crippen molar-refractivity contribution in [3.05, 3.63) is 47.5 Å². The molecule has 6 nitrogen and oxygen atoms in total. The molecule has 1 atom stereocenters. The maximum atomic E-state index is 12.9. The van der Waals surface area contributed by atoms with Crippen LogP contribution in [0.15, 0.2) is 30.6 Å². The van der Waals surface area contributed by atoms with E-state index in [2.05, 4.69) is 43.0 Å². The number of piperidine rings is 1. The highest BCUT2D eigenvalue weighted by molar-refractivity contribution is 5.93. The number of fused-ring (bicyclic) bond motifs is 1. The Morgan fingerprint density at radius 2 is 2.19 bits per heavy atom. The van der Waals surface area contributed by atoms with Gasteiger partial charge in [-0.25, -0.2) is 4.98 Å². The maximum Gasteiger partial charge on any atom is 0.257 e. The Kier molecular flexibility index (Phi) is 4.26. The number of nitrogens with one attached hydrogen (secondary N) is 1. The fourth-order valence-corrected chi connectivity index (χ4v) is 3.69. The van der Waals surface area contributed by atoms with E-state index in [1.807, 2.05) is 21.8 Å². The number of imidazole rings is 1. The molecule has 1 N–H and O–H groups in total. The number of hydrogen-bond acceptors (Lipinski definition) is 3. The van der Waals surface area contributed by atoms with Gasteiger partial charge in [-0.05, 0) is 45.2 Å². The van der Waals surface area contributed by atoms with E-state index in [-0.39, 0.29) is 17.9 Å². The second-order valence-electron chi connectivity index (χ2n) is 7.49. The SMILES string of the molecule is Cc1cccc2[nH]c([C@H]3CCCN(C(=O)c4cnn(C(C)C)c4)C3)nc12. The Labute approximate surface area is 153 Å². The number of hydrogen-bond donors (Lipinski definition) is 1. The molecule has 0 radical (unpaired) electrons. The van der Waals surface area contributed by atoms with Crippen molar-refractivity contribution in [2.45, 2.75) is 45.6 Å². The molecular weight excluding hydrogens is 326 g/mol. The third kappa shape index (κ3) is 3.00. The number of carbonyl (C=O) groups excluding carboxylic acids is 1. The number of H-pyrrole nitrogens is 1. The van der Waals surface area contributed by atoms with E-state index in [4.69, 9.17) is 4.98 Å². The van der Waals surface area contributed by atoms with Crippen LogP contribution in [0.1, 0.15) is 60.4 Å². The number of rotatable bonds is 3. The number of carbonyl (C=O) groups is 1. The van der Waals surface area contributed by atoms with Gasteiger partial charge in [0.25, 0.3) is 5.91 Å². The van der Waals surface area contributed by atoms with Gasteiger partial charge in [-0.2, -0.15) is 5.10 Å².